The zero-order chi connectivity index (χ0) is 19.3. The smallest absolute Gasteiger partial charge is 0.259 e. The lowest BCUT2D eigenvalue weighted by molar-refractivity contribution is -0.122. The lowest BCUT2D eigenvalue weighted by Gasteiger charge is -2.21. The Bertz CT molecular complexity index is 1140. The summed E-state index contributed by atoms with van der Waals surface area (Å²) in [6.45, 7) is 0.126. The maximum Gasteiger partial charge on any atom is 0.259 e. The third-order valence-corrected chi connectivity index (χ3v) is 5.84. The fourth-order valence-corrected chi connectivity index (χ4v) is 4.56. The summed E-state index contributed by atoms with van der Waals surface area (Å²) < 4.78 is 2.13. The van der Waals surface area contributed by atoms with E-state index in [1.54, 1.807) is 0 Å². The van der Waals surface area contributed by atoms with Crippen molar-refractivity contribution in [1.82, 2.24) is 9.72 Å². The fourth-order valence-electron chi connectivity index (χ4n) is 4.56. The van der Waals surface area contributed by atoms with E-state index in [4.69, 9.17) is 0 Å². The highest BCUT2D eigenvalue weighted by Crippen LogP contribution is 2.41. The van der Waals surface area contributed by atoms with Crippen LogP contribution in [0.25, 0.3) is 16.7 Å². The first-order chi connectivity index (χ1) is 13.7. The van der Waals surface area contributed by atoms with Crippen molar-refractivity contribution in [2.45, 2.75) is 19.3 Å². The number of nitrogens with one attached hydrogen (secondary N) is 1. The van der Waals surface area contributed by atoms with Crippen molar-refractivity contribution < 1.29 is 14.7 Å². The van der Waals surface area contributed by atoms with Gasteiger partial charge in [-0.05, 0) is 48.4 Å². The topological polar surface area (TPSA) is 70.8 Å². The normalized spacial score (nSPS) is 19.2. The van der Waals surface area contributed by atoms with Gasteiger partial charge in [0, 0.05) is 24.1 Å². The summed E-state index contributed by atoms with van der Waals surface area (Å²) in [5.74, 6) is -0.538. The van der Waals surface area contributed by atoms with Crippen LogP contribution in [0.15, 0.2) is 54.7 Å². The van der Waals surface area contributed by atoms with Crippen LogP contribution in [0.2, 0.25) is 0 Å². The van der Waals surface area contributed by atoms with Gasteiger partial charge in [0.15, 0.2) is 0 Å². The summed E-state index contributed by atoms with van der Waals surface area (Å²) in [5.41, 5.74) is 5.61. The van der Waals surface area contributed by atoms with E-state index in [1.165, 1.54) is 5.69 Å². The molecule has 0 saturated heterocycles. The first-order valence-electron chi connectivity index (χ1n) is 9.56. The first-order valence-corrected chi connectivity index (χ1v) is 9.56. The molecule has 2 aromatic heterocycles. The molecule has 0 bridgehead atoms. The molecule has 1 unspecified atom stereocenters. The van der Waals surface area contributed by atoms with Crippen LogP contribution < -0.4 is 5.32 Å². The molecule has 3 aromatic rings. The van der Waals surface area contributed by atoms with Crippen molar-refractivity contribution in [2.24, 2.45) is 5.92 Å². The Morgan fingerprint density at radius 3 is 2.54 bits per heavy atom. The summed E-state index contributed by atoms with van der Waals surface area (Å²) in [6, 6.07) is 15.2. The van der Waals surface area contributed by atoms with Gasteiger partial charge in [-0.15, -0.1) is 0 Å². The Labute approximate surface area is 162 Å². The van der Waals surface area contributed by atoms with Crippen LogP contribution in [0.4, 0.5) is 0 Å². The number of aliphatic hydroxyl groups is 1. The molecule has 5 rings (SSSR count). The minimum atomic E-state index is -0.357. The van der Waals surface area contributed by atoms with Gasteiger partial charge < -0.3 is 9.51 Å². The maximum absolute atomic E-state index is 12.9. The van der Waals surface area contributed by atoms with Crippen LogP contribution in [0, 0.1) is 5.92 Å². The molecule has 2 amide bonds. The van der Waals surface area contributed by atoms with Gasteiger partial charge in [0.1, 0.15) is 0 Å². The Balaban J connectivity index is 1.84. The fraction of sp³-hybridized carbons (Fsp3) is 0.217. The summed E-state index contributed by atoms with van der Waals surface area (Å²) in [6.07, 6.45) is 4.47. The first kappa shape index (κ1) is 17.0. The van der Waals surface area contributed by atoms with Crippen LogP contribution in [-0.4, -0.2) is 27.9 Å². The van der Waals surface area contributed by atoms with Gasteiger partial charge in [0.25, 0.3) is 11.8 Å². The molecule has 5 nitrogen and oxygen atoms in total. The lowest BCUT2D eigenvalue weighted by Crippen LogP contribution is -2.23. The standard InChI is InChI=1S/C23H20N2O3/c26-13-14-9-10-17-16(12-14)20(18-8-4-5-11-25(17)18)21-19(22(27)24-23(21)28)15-6-2-1-3-7-15/h1-8,11,14,26H,9-10,12-13H2,(H,24,27,28). The van der Waals surface area contributed by atoms with Crippen molar-refractivity contribution >= 4 is 28.5 Å². The van der Waals surface area contributed by atoms with E-state index in [2.05, 4.69) is 9.72 Å². The molecule has 1 aliphatic heterocycles. The van der Waals surface area contributed by atoms with Gasteiger partial charge >= 0.3 is 0 Å². The average Bonchev–Trinajstić information content (AvgIpc) is 3.20. The van der Waals surface area contributed by atoms with E-state index in [0.717, 1.165) is 35.0 Å². The minimum Gasteiger partial charge on any atom is -0.396 e. The third-order valence-electron chi connectivity index (χ3n) is 5.84. The van der Waals surface area contributed by atoms with Gasteiger partial charge in [-0.1, -0.05) is 36.4 Å². The average molecular weight is 372 g/mol. The van der Waals surface area contributed by atoms with Gasteiger partial charge in [0.05, 0.1) is 16.7 Å². The summed E-state index contributed by atoms with van der Waals surface area (Å²) in [4.78, 5) is 25.6. The van der Waals surface area contributed by atoms with Gasteiger partial charge in [-0.3, -0.25) is 14.9 Å². The predicted octanol–water partition coefficient (Wildman–Crippen LogP) is 2.60. The lowest BCUT2D eigenvalue weighted by atomic mass is 9.83. The number of aryl methyl sites for hydroxylation is 1. The largest absolute Gasteiger partial charge is 0.396 e. The quantitative estimate of drug-likeness (QED) is 0.695. The number of pyridine rings is 1. The van der Waals surface area contributed by atoms with Crippen molar-refractivity contribution in [3.63, 3.8) is 0 Å². The van der Waals surface area contributed by atoms with Crippen LogP contribution in [-0.2, 0) is 22.4 Å². The number of aromatic nitrogens is 1. The van der Waals surface area contributed by atoms with E-state index < -0.39 is 0 Å². The molecule has 0 spiro atoms. The highest BCUT2D eigenvalue weighted by atomic mass is 16.3. The second-order valence-corrected chi connectivity index (χ2v) is 7.45. The van der Waals surface area contributed by atoms with Crippen LogP contribution in [0.3, 0.4) is 0 Å². The van der Waals surface area contributed by atoms with Gasteiger partial charge in [0.2, 0.25) is 0 Å². The molecule has 28 heavy (non-hydrogen) atoms. The van der Waals surface area contributed by atoms with Crippen LogP contribution in [0.5, 0.6) is 0 Å². The molecule has 0 radical (unpaired) electrons. The zero-order valence-electron chi connectivity index (χ0n) is 15.3. The number of hydrogen-bond donors (Lipinski definition) is 2. The molecule has 5 heteroatoms. The van der Waals surface area contributed by atoms with E-state index >= 15 is 0 Å². The molecule has 0 fully saturated rings. The summed E-state index contributed by atoms with van der Waals surface area (Å²) in [7, 11) is 0. The Kier molecular flexibility index (Phi) is 3.91. The van der Waals surface area contributed by atoms with Gasteiger partial charge in [-0.2, -0.15) is 0 Å². The van der Waals surface area contributed by atoms with E-state index in [9.17, 15) is 14.7 Å². The molecule has 0 saturated carbocycles. The number of nitrogens with zero attached hydrogens (tertiary/aromatic N) is 1. The number of imide groups is 1. The minimum absolute atomic E-state index is 0.126. The number of benzene rings is 1. The zero-order valence-corrected chi connectivity index (χ0v) is 15.3. The monoisotopic (exact) mass is 372 g/mol. The number of aliphatic hydroxyl groups excluding tert-OH is 1. The SMILES string of the molecule is O=C1NC(=O)C(c2c3c(n4ccccc24)CCC(CO)C3)=C1c1ccccc1. The molecule has 2 N–H and O–H groups in total. The maximum atomic E-state index is 12.9. The van der Waals surface area contributed by atoms with Crippen molar-refractivity contribution in [3.8, 4) is 0 Å². The number of carbonyl (C=O) groups is 2. The van der Waals surface area contributed by atoms with Gasteiger partial charge in [-0.25, -0.2) is 0 Å². The molecule has 1 atom stereocenters. The second-order valence-electron chi connectivity index (χ2n) is 7.45. The highest BCUT2D eigenvalue weighted by molar-refractivity contribution is 6.50. The molecule has 1 aromatic carbocycles. The highest BCUT2D eigenvalue weighted by Gasteiger charge is 2.37. The van der Waals surface area contributed by atoms with Crippen molar-refractivity contribution in [2.75, 3.05) is 6.61 Å². The molecule has 3 heterocycles. The number of carbonyl (C=O) groups excluding carboxylic acids is 2. The second kappa shape index (κ2) is 6.46. The number of amides is 2. The molecule has 1 aliphatic carbocycles. The Morgan fingerprint density at radius 1 is 1.00 bits per heavy atom. The Morgan fingerprint density at radius 2 is 1.75 bits per heavy atom. The molecule has 140 valence electrons. The van der Waals surface area contributed by atoms with E-state index in [1.807, 2.05) is 54.7 Å². The van der Waals surface area contributed by atoms with Crippen LogP contribution >= 0.6 is 0 Å². The molecular weight excluding hydrogens is 352 g/mol. The Hall–Kier alpha value is -3.18. The number of fused-ring (bicyclic) bond motifs is 3. The van der Waals surface area contributed by atoms with E-state index in [0.29, 0.717) is 17.6 Å². The number of hydrogen-bond acceptors (Lipinski definition) is 3. The van der Waals surface area contributed by atoms with Crippen molar-refractivity contribution in [1.29, 1.82) is 0 Å². The molecule has 2 aliphatic rings. The summed E-state index contributed by atoms with van der Waals surface area (Å²) >= 11 is 0. The van der Waals surface area contributed by atoms with E-state index in [-0.39, 0.29) is 24.3 Å². The number of rotatable bonds is 3. The molecular formula is C23H20N2O3. The van der Waals surface area contributed by atoms with Crippen LogP contribution in [0.1, 0.15) is 28.8 Å². The third kappa shape index (κ3) is 2.43. The predicted molar refractivity (Wildman–Crippen MR) is 106 cm³/mol. The van der Waals surface area contributed by atoms with Crippen molar-refractivity contribution in [3.05, 3.63) is 77.1 Å². The summed E-state index contributed by atoms with van der Waals surface area (Å²) in [5, 5.41) is 12.2.